The predicted octanol–water partition coefficient (Wildman–Crippen LogP) is 14.1. The maximum absolute atomic E-state index is 2.48. The Morgan fingerprint density at radius 3 is 1.27 bits per heavy atom. The van der Waals surface area contributed by atoms with Crippen LogP contribution in [0.25, 0.3) is 33.0 Å². The lowest BCUT2D eigenvalue weighted by Gasteiger charge is -2.36. The van der Waals surface area contributed by atoms with Crippen molar-refractivity contribution in [3.63, 3.8) is 0 Å². The van der Waals surface area contributed by atoms with Crippen LogP contribution in [0.2, 0.25) is 0 Å². The molecule has 0 heterocycles. The zero-order valence-corrected chi connectivity index (χ0v) is 30.2. The maximum Gasteiger partial charge on any atom is 0.0747 e. The molecule has 11 rings (SSSR count). The van der Waals surface area contributed by atoms with Gasteiger partial charge in [-0.3, -0.25) is 0 Å². The Morgan fingerprint density at radius 1 is 0.309 bits per heavy atom. The quantitative estimate of drug-likeness (QED) is 0.170. The minimum atomic E-state index is -0.603. The highest BCUT2D eigenvalue weighted by Crippen LogP contribution is 2.68. The molecule has 1 unspecified atom stereocenters. The molecule has 2 heteroatoms. The largest absolute Gasteiger partial charge is 0.310 e. The molecule has 1 spiro atoms. The lowest BCUT2D eigenvalue weighted by Crippen LogP contribution is -2.28. The van der Waals surface area contributed by atoms with Crippen molar-refractivity contribution in [1.82, 2.24) is 0 Å². The maximum atomic E-state index is 2.48. The molecule has 1 atom stereocenters. The van der Waals surface area contributed by atoms with Crippen LogP contribution in [-0.4, -0.2) is 0 Å². The first kappa shape index (κ1) is 31.4. The molecular formula is C53H36N2. The monoisotopic (exact) mass is 700 g/mol. The lowest BCUT2D eigenvalue weighted by molar-refractivity contribution is 0.793. The summed E-state index contributed by atoms with van der Waals surface area (Å²) in [6.07, 6.45) is 0. The lowest BCUT2D eigenvalue weighted by atomic mass is 9.69. The fourth-order valence-electron chi connectivity index (χ4n) is 9.55. The van der Waals surface area contributed by atoms with Gasteiger partial charge in [0.05, 0.1) is 16.8 Å². The third kappa shape index (κ3) is 4.55. The standard InChI is InChI=1S/C53H36N2/c1-5-21-38(22-6-1)54(39-23-7-2-8-24-39)48-35-19-34-47-51(48)44-31-16-18-33-46(44)53(47)45-32-17-15-30-43(45)50-42-29-14-13-20-37(42)36-49(52(50)53)55(40-25-9-3-10-26-40)41-27-11-4-12-28-41/h1-36H. The van der Waals surface area contributed by atoms with Crippen LogP contribution in [0, 0.1) is 0 Å². The molecule has 0 saturated heterocycles. The minimum Gasteiger partial charge on any atom is -0.310 e. The summed E-state index contributed by atoms with van der Waals surface area (Å²) in [5.74, 6) is 0. The van der Waals surface area contributed by atoms with Crippen LogP contribution < -0.4 is 9.80 Å². The van der Waals surface area contributed by atoms with Gasteiger partial charge in [-0.05, 0) is 105 Å². The van der Waals surface area contributed by atoms with E-state index in [4.69, 9.17) is 0 Å². The molecule has 2 aliphatic rings. The van der Waals surface area contributed by atoms with E-state index in [9.17, 15) is 0 Å². The summed E-state index contributed by atoms with van der Waals surface area (Å²) in [7, 11) is 0. The average Bonchev–Trinajstić information content (AvgIpc) is 3.74. The Labute approximate surface area is 321 Å². The van der Waals surface area contributed by atoms with Crippen molar-refractivity contribution < 1.29 is 0 Å². The van der Waals surface area contributed by atoms with E-state index in [1.807, 2.05) is 0 Å². The Morgan fingerprint density at radius 2 is 0.727 bits per heavy atom. The van der Waals surface area contributed by atoms with Crippen LogP contribution in [-0.2, 0) is 5.41 Å². The van der Waals surface area contributed by atoms with E-state index in [1.54, 1.807) is 0 Å². The van der Waals surface area contributed by atoms with Crippen molar-refractivity contribution in [2.75, 3.05) is 9.80 Å². The average molecular weight is 701 g/mol. The van der Waals surface area contributed by atoms with Crippen molar-refractivity contribution >= 4 is 44.9 Å². The van der Waals surface area contributed by atoms with Crippen molar-refractivity contribution in [2.45, 2.75) is 5.41 Å². The SMILES string of the molecule is c1ccc(N(c2ccccc2)c2cccc3c2-c2ccccc2C32c3ccccc3-c3c2c(N(c2ccccc2)c2ccccc2)cc2ccccc32)cc1. The topological polar surface area (TPSA) is 6.48 Å². The normalized spacial score (nSPS) is 14.6. The van der Waals surface area contributed by atoms with E-state index in [-0.39, 0.29) is 0 Å². The molecule has 9 aromatic carbocycles. The third-order valence-corrected chi connectivity index (χ3v) is 11.6. The highest BCUT2D eigenvalue weighted by Gasteiger charge is 2.54. The van der Waals surface area contributed by atoms with E-state index in [0.717, 1.165) is 28.4 Å². The summed E-state index contributed by atoms with van der Waals surface area (Å²) in [5.41, 5.74) is 16.6. The molecule has 9 aromatic rings. The molecule has 0 aromatic heterocycles. The van der Waals surface area contributed by atoms with Gasteiger partial charge in [0.15, 0.2) is 0 Å². The van der Waals surface area contributed by atoms with Crippen LogP contribution in [0.1, 0.15) is 22.3 Å². The molecular weight excluding hydrogens is 665 g/mol. The van der Waals surface area contributed by atoms with Gasteiger partial charge in [-0.15, -0.1) is 0 Å². The van der Waals surface area contributed by atoms with Gasteiger partial charge in [0, 0.05) is 33.9 Å². The summed E-state index contributed by atoms with van der Waals surface area (Å²) < 4.78 is 0. The molecule has 55 heavy (non-hydrogen) atoms. The first-order valence-corrected chi connectivity index (χ1v) is 19.0. The zero-order chi connectivity index (χ0) is 36.3. The summed E-state index contributed by atoms with van der Waals surface area (Å²) in [5, 5.41) is 2.49. The van der Waals surface area contributed by atoms with Crippen molar-refractivity contribution in [2.24, 2.45) is 0 Å². The van der Waals surface area contributed by atoms with E-state index in [1.165, 1.54) is 61.0 Å². The summed E-state index contributed by atoms with van der Waals surface area (Å²) >= 11 is 0. The second-order valence-electron chi connectivity index (χ2n) is 14.4. The van der Waals surface area contributed by atoms with Crippen molar-refractivity contribution in [3.05, 3.63) is 241 Å². The van der Waals surface area contributed by atoms with Crippen LogP contribution >= 0.6 is 0 Å². The Bertz CT molecular complexity index is 2790. The number of para-hydroxylation sites is 4. The van der Waals surface area contributed by atoms with E-state index in [2.05, 4.69) is 228 Å². The van der Waals surface area contributed by atoms with Gasteiger partial charge in [0.25, 0.3) is 0 Å². The molecule has 0 aliphatic heterocycles. The fraction of sp³-hybridized carbons (Fsp3) is 0.0189. The smallest absolute Gasteiger partial charge is 0.0747 e. The summed E-state index contributed by atoms with van der Waals surface area (Å²) in [6, 6.07) is 79.9. The number of nitrogens with zero attached hydrogens (tertiary/aromatic N) is 2. The highest BCUT2D eigenvalue weighted by atomic mass is 15.2. The van der Waals surface area contributed by atoms with E-state index in [0.29, 0.717) is 0 Å². The van der Waals surface area contributed by atoms with Gasteiger partial charge in [-0.1, -0.05) is 158 Å². The number of hydrogen-bond donors (Lipinski definition) is 0. The van der Waals surface area contributed by atoms with Crippen molar-refractivity contribution in [3.8, 4) is 22.3 Å². The molecule has 0 amide bonds. The van der Waals surface area contributed by atoms with Gasteiger partial charge >= 0.3 is 0 Å². The third-order valence-electron chi connectivity index (χ3n) is 11.6. The van der Waals surface area contributed by atoms with Gasteiger partial charge in [-0.25, -0.2) is 0 Å². The number of fused-ring (bicyclic) bond motifs is 12. The fourth-order valence-corrected chi connectivity index (χ4v) is 9.55. The molecule has 0 fully saturated rings. The van der Waals surface area contributed by atoms with Crippen LogP contribution in [0.5, 0.6) is 0 Å². The zero-order valence-electron chi connectivity index (χ0n) is 30.2. The first-order chi connectivity index (χ1) is 27.3. The first-order valence-electron chi connectivity index (χ1n) is 19.0. The second kappa shape index (κ2) is 12.5. The van der Waals surface area contributed by atoms with E-state index < -0.39 is 5.41 Å². The number of anilines is 6. The summed E-state index contributed by atoms with van der Waals surface area (Å²) in [6.45, 7) is 0. The van der Waals surface area contributed by atoms with Gasteiger partial charge in [0.1, 0.15) is 0 Å². The predicted molar refractivity (Wildman–Crippen MR) is 230 cm³/mol. The van der Waals surface area contributed by atoms with Gasteiger partial charge in [0.2, 0.25) is 0 Å². The Balaban J connectivity index is 1.31. The van der Waals surface area contributed by atoms with E-state index >= 15 is 0 Å². The molecule has 2 nitrogen and oxygen atoms in total. The molecule has 0 bridgehead atoms. The summed E-state index contributed by atoms with van der Waals surface area (Å²) in [4.78, 5) is 4.90. The van der Waals surface area contributed by atoms with Crippen LogP contribution in [0.15, 0.2) is 218 Å². The number of rotatable bonds is 6. The van der Waals surface area contributed by atoms with Crippen molar-refractivity contribution in [1.29, 1.82) is 0 Å². The number of benzene rings is 9. The minimum absolute atomic E-state index is 0.603. The van der Waals surface area contributed by atoms with Gasteiger partial charge in [-0.2, -0.15) is 0 Å². The van der Waals surface area contributed by atoms with Crippen LogP contribution in [0.4, 0.5) is 34.1 Å². The Kier molecular flexibility index (Phi) is 7.11. The van der Waals surface area contributed by atoms with Crippen LogP contribution in [0.3, 0.4) is 0 Å². The molecule has 0 saturated carbocycles. The van der Waals surface area contributed by atoms with Gasteiger partial charge < -0.3 is 9.80 Å². The Hall–Kier alpha value is -7.16. The highest BCUT2D eigenvalue weighted by molar-refractivity contribution is 6.11. The second-order valence-corrected chi connectivity index (χ2v) is 14.4. The molecule has 0 N–H and O–H groups in total. The molecule has 258 valence electrons. The number of hydrogen-bond acceptors (Lipinski definition) is 2. The molecule has 0 radical (unpaired) electrons. The molecule has 2 aliphatic carbocycles.